The van der Waals surface area contributed by atoms with Gasteiger partial charge in [0.2, 0.25) is 0 Å². The second-order valence-corrected chi connectivity index (χ2v) is 5.20. The molecular formula is C12H16BrNO. The molecule has 0 spiro atoms. The molecule has 82 valence electrons. The summed E-state index contributed by atoms with van der Waals surface area (Å²) in [6.45, 7) is 7.50. The second kappa shape index (κ2) is 4.05. The number of hydrogen-bond donors (Lipinski definition) is 0. The van der Waals surface area contributed by atoms with Crippen LogP contribution in [-0.4, -0.2) is 18.7 Å². The lowest BCUT2D eigenvalue weighted by Crippen LogP contribution is -2.42. The van der Waals surface area contributed by atoms with Crippen LogP contribution >= 0.6 is 15.9 Å². The van der Waals surface area contributed by atoms with Gasteiger partial charge in [-0.15, -0.1) is 0 Å². The SMILES string of the molecule is CC1CN(C(C)C)c2ccc(Br)cc2O1. The topological polar surface area (TPSA) is 12.5 Å². The van der Waals surface area contributed by atoms with Crippen molar-refractivity contribution in [3.8, 4) is 5.75 Å². The first-order chi connectivity index (χ1) is 7.08. The third-order valence-corrected chi connectivity index (χ3v) is 3.13. The minimum absolute atomic E-state index is 0.259. The highest BCUT2D eigenvalue weighted by molar-refractivity contribution is 9.10. The van der Waals surface area contributed by atoms with Crippen molar-refractivity contribution in [2.45, 2.75) is 32.9 Å². The molecule has 1 atom stereocenters. The van der Waals surface area contributed by atoms with E-state index in [2.05, 4.69) is 53.7 Å². The lowest BCUT2D eigenvalue weighted by molar-refractivity contribution is 0.209. The van der Waals surface area contributed by atoms with E-state index in [-0.39, 0.29) is 6.10 Å². The van der Waals surface area contributed by atoms with E-state index < -0.39 is 0 Å². The van der Waals surface area contributed by atoms with Crippen LogP contribution in [0.25, 0.3) is 0 Å². The van der Waals surface area contributed by atoms with Crippen molar-refractivity contribution in [1.29, 1.82) is 0 Å². The fourth-order valence-electron chi connectivity index (χ4n) is 1.94. The Morgan fingerprint density at radius 1 is 1.47 bits per heavy atom. The Morgan fingerprint density at radius 3 is 2.87 bits per heavy atom. The van der Waals surface area contributed by atoms with Crippen molar-refractivity contribution in [1.82, 2.24) is 0 Å². The summed E-state index contributed by atoms with van der Waals surface area (Å²) in [5.74, 6) is 0.983. The Morgan fingerprint density at radius 2 is 2.20 bits per heavy atom. The molecule has 0 saturated heterocycles. The van der Waals surface area contributed by atoms with Crippen molar-refractivity contribution >= 4 is 21.6 Å². The van der Waals surface area contributed by atoms with Gasteiger partial charge in [0.15, 0.2) is 0 Å². The van der Waals surface area contributed by atoms with Gasteiger partial charge in [-0.1, -0.05) is 15.9 Å². The molecule has 0 saturated carbocycles. The number of fused-ring (bicyclic) bond motifs is 1. The van der Waals surface area contributed by atoms with Crippen LogP contribution in [-0.2, 0) is 0 Å². The Bertz CT molecular complexity index is 365. The van der Waals surface area contributed by atoms with Crippen LogP contribution in [0.15, 0.2) is 22.7 Å². The van der Waals surface area contributed by atoms with Crippen LogP contribution in [0.2, 0.25) is 0 Å². The van der Waals surface area contributed by atoms with Crippen molar-refractivity contribution in [2.75, 3.05) is 11.4 Å². The lowest BCUT2D eigenvalue weighted by atomic mass is 10.1. The van der Waals surface area contributed by atoms with Gasteiger partial charge in [0.25, 0.3) is 0 Å². The van der Waals surface area contributed by atoms with Crippen LogP contribution in [0.1, 0.15) is 20.8 Å². The summed E-state index contributed by atoms with van der Waals surface area (Å²) in [7, 11) is 0. The highest BCUT2D eigenvalue weighted by Crippen LogP contribution is 2.36. The predicted octanol–water partition coefficient (Wildman–Crippen LogP) is 3.44. The van der Waals surface area contributed by atoms with E-state index >= 15 is 0 Å². The molecule has 1 heterocycles. The maximum atomic E-state index is 5.82. The quantitative estimate of drug-likeness (QED) is 0.775. The summed E-state index contributed by atoms with van der Waals surface area (Å²) < 4.78 is 6.89. The predicted molar refractivity (Wildman–Crippen MR) is 66.7 cm³/mol. The summed E-state index contributed by atoms with van der Waals surface area (Å²) in [5.41, 5.74) is 1.20. The summed E-state index contributed by atoms with van der Waals surface area (Å²) in [4.78, 5) is 2.38. The maximum absolute atomic E-state index is 5.82. The normalized spacial score (nSPS) is 20.1. The number of anilines is 1. The lowest BCUT2D eigenvalue weighted by Gasteiger charge is -2.37. The van der Waals surface area contributed by atoms with Crippen molar-refractivity contribution in [3.63, 3.8) is 0 Å². The Hall–Kier alpha value is -0.700. The van der Waals surface area contributed by atoms with Crippen LogP contribution in [0.5, 0.6) is 5.75 Å². The van der Waals surface area contributed by atoms with Crippen LogP contribution < -0.4 is 9.64 Å². The van der Waals surface area contributed by atoms with E-state index in [0.29, 0.717) is 6.04 Å². The van der Waals surface area contributed by atoms with E-state index in [0.717, 1.165) is 16.8 Å². The molecule has 0 aliphatic carbocycles. The molecule has 0 N–H and O–H groups in total. The van der Waals surface area contributed by atoms with Gasteiger partial charge >= 0.3 is 0 Å². The maximum Gasteiger partial charge on any atom is 0.144 e. The molecule has 3 heteroatoms. The fourth-order valence-corrected chi connectivity index (χ4v) is 2.28. The van der Waals surface area contributed by atoms with E-state index in [1.807, 2.05) is 6.07 Å². The molecule has 2 rings (SSSR count). The zero-order valence-electron chi connectivity index (χ0n) is 9.33. The van der Waals surface area contributed by atoms with Gasteiger partial charge in [-0.25, -0.2) is 0 Å². The third-order valence-electron chi connectivity index (χ3n) is 2.64. The molecular weight excluding hydrogens is 254 g/mol. The van der Waals surface area contributed by atoms with Crippen LogP contribution in [0, 0.1) is 0 Å². The molecule has 1 unspecified atom stereocenters. The minimum Gasteiger partial charge on any atom is -0.487 e. The van der Waals surface area contributed by atoms with E-state index in [1.54, 1.807) is 0 Å². The summed E-state index contributed by atoms with van der Waals surface area (Å²) >= 11 is 3.47. The molecule has 1 aliphatic heterocycles. The van der Waals surface area contributed by atoms with Gasteiger partial charge in [-0.2, -0.15) is 0 Å². The first-order valence-electron chi connectivity index (χ1n) is 5.31. The largest absolute Gasteiger partial charge is 0.487 e. The van der Waals surface area contributed by atoms with Crippen LogP contribution in [0.4, 0.5) is 5.69 Å². The highest BCUT2D eigenvalue weighted by atomic mass is 79.9. The number of rotatable bonds is 1. The Labute approximate surface area is 99.4 Å². The third kappa shape index (κ3) is 2.12. The van der Waals surface area contributed by atoms with Crippen molar-refractivity contribution < 1.29 is 4.74 Å². The summed E-state index contributed by atoms with van der Waals surface area (Å²) in [6.07, 6.45) is 0.259. The smallest absolute Gasteiger partial charge is 0.144 e. The molecule has 2 nitrogen and oxygen atoms in total. The zero-order valence-corrected chi connectivity index (χ0v) is 10.9. The average molecular weight is 270 g/mol. The molecule has 0 amide bonds. The summed E-state index contributed by atoms with van der Waals surface area (Å²) in [6, 6.07) is 6.73. The van der Waals surface area contributed by atoms with Gasteiger partial charge in [-0.05, 0) is 39.0 Å². The minimum atomic E-state index is 0.259. The standard InChI is InChI=1S/C12H16BrNO/c1-8(2)14-7-9(3)15-12-6-10(13)4-5-11(12)14/h4-6,8-9H,7H2,1-3H3. The van der Waals surface area contributed by atoms with Gasteiger partial charge < -0.3 is 9.64 Å². The molecule has 15 heavy (non-hydrogen) atoms. The van der Waals surface area contributed by atoms with Crippen LogP contribution in [0.3, 0.4) is 0 Å². The molecule has 1 aromatic rings. The molecule has 0 radical (unpaired) electrons. The number of benzene rings is 1. The fraction of sp³-hybridized carbons (Fsp3) is 0.500. The molecule has 0 bridgehead atoms. The molecule has 0 fully saturated rings. The first-order valence-corrected chi connectivity index (χ1v) is 6.10. The van der Waals surface area contributed by atoms with Gasteiger partial charge in [0.1, 0.15) is 11.9 Å². The second-order valence-electron chi connectivity index (χ2n) is 4.29. The monoisotopic (exact) mass is 269 g/mol. The van der Waals surface area contributed by atoms with E-state index in [9.17, 15) is 0 Å². The Balaban J connectivity index is 2.42. The van der Waals surface area contributed by atoms with E-state index in [4.69, 9.17) is 4.74 Å². The van der Waals surface area contributed by atoms with Gasteiger partial charge in [0, 0.05) is 10.5 Å². The number of nitrogens with zero attached hydrogens (tertiary/aromatic N) is 1. The molecule has 0 aromatic heterocycles. The van der Waals surface area contributed by atoms with Crippen molar-refractivity contribution in [3.05, 3.63) is 22.7 Å². The highest BCUT2D eigenvalue weighted by Gasteiger charge is 2.24. The first kappa shape index (κ1) is 10.8. The average Bonchev–Trinajstić information content (AvgIpc) is 2.15. The summed E-state index contributed by atoms with van der Waals surface area (Å²) in [5, 5.41) is 0. The molecule has 1 aliphatic rings. The number of halogens is 1. The van der Waals surface area contributed by atoms with Gasteiger partial charge in [-0.3, -0.25) is 0 Å². The zero-order chi connectivity index (χ0) is 11.0. The van der Waals surface area contributed by atoms with E-state index in [1.165, 1.54) is 5.69 Å². The van der Waals surface area contributed by atoms with Crippen molar-refractivity contribution in [2.24, 2.45) is 0 Å². The van der Waals surface area contributed by atoms with Gasteiger partial charge in [0.05, 0.1) is 12.2 Å². The number of hydrogen-bond acceptors (Lipinski definition) is 2. The molecule has 1 aromatic carbocycles. The number of ether oxygens (including phenoxy) is 1. The Kier molecular flexibility index (Phi) is 2.91.